The predicted molar refractivity (Wildman–Crippen MR) is 138 cm³/mol. The van der Waals surface area contributed by atoms with Crippen LogP contribution in [0.15, 0.2) is 60.7 Å². The largest absolute Gasteiger partial charge is 0.398 e. The van der Waals surface area contributed by atoms with Gasteiger partial charge in [0.2, 0.25) is 0 Å². The second kappa shape index (κ2) is 8.75. The molecule has 0 heterocycles. The Morgan fingerprint density at radius 3 is 2.03 bits per heavy atom. The third-order valence-corrected chi connectivity index (χ3v) is 7.07. The third-order valence-electron chi connectivity index (χ3n) is 7.07. The molecule has 0 unspecified atom stereocenters. The smallest absolute Gasteiger partial charge is 0.0400 e. The SMILES string of the molecule is CCCCCCCCCCc1ccc2c3c(N)ccc4cccc(c5cccc1c52)c43. The molecule has 0 atom stereocenters. The van der Waals surface area contributed by atoms with Gasteiger partial charge in [-0.15, -0.1) is 0 Å². The Balaban J connectivity index is 1.50. The monoisotopic (exact) mass is 407 g/mol. The molecule has 0 saturated heterocycles. The zero-order valence-corrected chi connectivity index (χ0v) is 18.7. The van der Waals surface area contributed by atoms with E-state index < -0.39 is 0 Å². The maximum absolute atomic E-state index is 6.53. The highest BCUT2D eigenvalue weighted by molar-refractivity contribution is 6.35. The number of hydrogen-bond acceptors (Lipinski definition) is 1. The van der Waals surface area contributed by atoms with E-state index >= 15 is 0 Å². The number of aryl methyl sites for hydroxylation is 1. The Morgan fingerprint density at radius 2 is 1.23 bits per heavy atom. The average molecular weight is 408 g/mol. The fourth-order valence-electron chi connectivity index (χ4n) is 5.48. The topological polar surface area (TPSA) is 26.0 Å². The van der Waals surface area contributed by atoms with Crippen LogP contribution in [-0.4, -0.2) is 0 Å². The lowest BCUT2D eigenvalue weighted by molar-refractivity contribution is 0.576. The number of anilines is 1. The van der Waals surface area contributed by atoms with E-state index in [1.54, 1.807) is 0 Å². The minimum Gasteiger partial charge on any atom is -0.398 e. The van der Waals surface area contributed by atoms with Crippen LogP contribution in [0.1, 0.15) is 63.9 Å². The third kappa shape index (κ3) is 3.61. The molecule has 0 aliphatic carbocycles. The summed E-state index contributed by atoms with van der Waals surface area (Å²) in [6.45, 7) is 2.29. The van der Waals surface area contributed by atoms with Crippen molar-refractivity contribution in [3.8, 4) is 0 Å². The van der Waals surface area contributed by atoms with Crippen LogP contribution in [0.4, 0.5) is 5.69 Å². The van der Waals surface area contributed by atoms with Gasteiger partial charge in [0, 0.05) is 11.1 Å². The van der Waals surface area contributed by atoms with Crippen molar-refractivity contribution in [2.24, 2.45) is 0 Å². The van der Waals surface area contributed by atoms with Gasteiger partial charge in [-0.05, 0) is 62.2 Å². The molecule has 2 N–H and O–H groups in total. The van der Waals surface area contributed by atoms with Gasteiger partial charge in [-0.3, -0.25) is 0 Å². The van der Waals surface area contributed by atoms with Gasteiger partial charge in [-0.1, -0.05) is 106 Å². The lowest BCUT2D eigenvalue weighted by Crippen LogP contribution is -1.94. The molecule has 0 amide bonds. The molecule has 0 fully saturated rings. The minimum absolute atomic E-state index is 0.881. The summed E-state index contributed by atoms with van der Waals surface area (Å²) < 4.78 is 0. The van der Waals surface area contributed by atoms with E-state index in [2.05, 4.69) is 67.6 Å². The molecule has 31 heavy (non-hydrogen) atoms. The van der Waals surface area contributed by atoms with E-state index in [4.69, 9.17) is 5.73 Å². The van der Waals surface area contributed by atoms with Gasteiger partial charge in [0.15, 0.2) is 0 Å². The van der Waals surface area contributed by atoms with E-state index in [-0.39, 0.29) is 0 Å². The predicted octanol–water partition coefficient (Wildman–Crippen LogP) is 9.00. The van der Waals surface area contributed by atoms with Crippen molar-refractivity contribution < 1.29 is 0 Å². The molecule has 0 aromatic heterocycles. The standard InChI is InChI=1S/C30H33N/c1-2-3-4-5-6-7-8-9-12-21-17-19-26-29-23(21)14-11-16-25(29)24-15-10-13-22-18-20-27(31)30(26)28(22)24/h10-11,13-20H,2-9,12,31H2,1H3. The first-order valence-corrected chi connectivity index (χ1v) is 12.2. The number of hydrogen-bond donors (Lipinski definition) is 1. The van der Waals surface area contributed by atoms with Crippen LogP contribution in [0.25, 0.3) is 43.1 Å². The summed E-state index contributed by atoms with van der Waals surface area (Å²) in [5, 5.41) is 10.6. The van der Waals surface area contributed by atoms with Gasteiger partial charge >= 0.3 is 0 Å². The van der Waals surface area contributed by atoms with Crippen LogP contribution in [0, 0.1) is 0 Å². The first-order valence-electron chi connectivity index (χ1n) is 12.2. The number of fused-ring (bicyclic) bond motifs is 2. The molecule has 5 aromatic carbocycles. The first kappa shape index (κ1) is 20.1. The van der Waals surface area contributed by atoms with Crippen molar-refractivity contribution in [3.63, 3.8) is 0 Å². The molecule has 0 spiro atoms. The molecule has 158 valence electrons. The summed E-state index contributed by atoms with van der Waals surface area (Å²) in [4.78, 5) is 0. The van der Waals surface area contributed by atoms with Crippen molar-refractivity contribution in [2.45, 2.75) is 64.7 Å². The number of benzene rings is 5. The van der Waals surface area contributed by atoms with Crippen molar-refractivity contribution in [1.29, 1.82) is 0 Å². The molecule has 0 bridgehead atoms. The van der Waals surface area contributed by atoms with Crippen LogP contribution in [0.2, 0.25) is 0 Å². The van der Waals surface area contributed by atoms with Gasteiger partial charge in [-0.25, -0.2) is 0 Å². The fraction of sp³-hybridized carbons (Fsp3) is 0.333. The molecule has 5 rings (SSSR count). The maximum atomic E-state index is 6.53. The van der Waals surface area contributed by atoms with Gasteiger partial charge in [0.05, 0.1) is 0 Å². The Morgan fingerprint density at radius 1 is 0.548 bits per heavy atom. The van der Waals surface area contributed by atoms with Crippen molar-refractivity contribution >= 4 is 48.8 Å². The van der Waals surface area contributed by atoms with Crippen LogP contribution < -0.4 is 5.73 Å². The molecule has 0 saturated carbocycles. The lowest BCUT2D eigenvalue weighted by atomic mass is 9.87. The molecule has 0 radical (unpaired) electrons. The van der Waals surface area contributed by atoms with Crippen molar-refractivity contribution in [3.05, 3.63) is 66.2 Å². The zero-order valence-electron chi connectivity index (χ0n) is 18.7. The lowest BCUT2D eigenvalue weighted by Gasteiger charge is -2.17. The molecule has 1 nitrogen and oxygen atoms in total. The Kier molecular flexibility index (Phi) is 5.68. The fourth-order valence-corrected chi connectivity index (χ4v) is 5.48. The molecule has 0 aliphatic rings. The quantitative estimate of drug-likeness (QED) is 0.112. The molecule has 1 heteroatoms. The summed E-state index contributed by atoms with van der Waals surface area (Å²) in [7, 11) is 0. The van der Waals surface area contributed by atoms with E-state index in [1.807, 2.05) is 0 Å². The van der Waals surface area contributed by atoms with Crippen LogP contribution in [-0.2, 0) is 6.42 Å². The normalized spacial score (nSPS) is 12.0. The highest BCUT2D eigenvalue weighted by Crippen LogP contribution is 2.43. The van der Waals surface area contributed by atoms with E-state index in [0.717, 1.165) is 12.1 Å². The summed E-state index contributed by atoms with van der Waals surface area (Å²) >= 11 is 0. The van der Waals surface area contributed by atoms with Crippen LogP contribution >= 0.6 is 0 Å². The Bertz CT molecular complexity index is 1330. The van der Waals surface area contributed by atoms with Crippen molar-refractivity contribution in [2.75, 3.05) is 5.73 Å². The summed E-state index contributed by atoms with van der Waals surface area (Å²) in [5.41, 5.74) is 8.89. The second-order valence-electron chi connectivity index (χ2n) is 9.16. The summed E-state index contributed by atoms with van der Waals surface area (Å²) in [5.74, 6) is 0. The van der Waals surface area contributed by atoms with Crippen LogP contribution in [0.5, 0.6) is 0 Å². The molecular formula is C30H33N. The first-order chi connectivity index (χ1) is 15.3. The number of nitrogen functional groups attached to an aromatic ring is 1. The van der Waals surface area contributed by atoms with Gasteiger partial charge < -0.3 is 5.73 Å². The van der Waals surface area contributed by atoms with Crippen LogP contribution in [0.3, 0.4) is 0 Å². The van der Waals surface area contributed by atoms with E-state index in [1.165, 1.54) is 100 Å². The highest BCUT2D eigenvalue weighted by atomic mass is 14.6. The van der Waals surface area contributed by atoms with Gasteiger partial charge in [0.1, 0.15) is 0 Å². The Labute approximate surface area is 185 Å². The van der Waals surface area contributed by atoms with Gasteiger partial charge in [-0.2, -0.15) is 0 Å². The summed E-state index contributed by atoms with van der Waals surface area (Å²) in [6.07, 6.45) is 12.1. The second-order valence-corrected chi connectivity index (χ2v) is 9.16. The summed E-state index contributed by atoms with van der Waals surface area (Å²) in [6, 6.07) is 22.4. The highest BCUT2D eigenvalue weighted by Gasteiger charge is 2.15. The molecule has 5 aromatic rings. The average Bonchev–Trinajstić information content (AvgIpc) is 2.80. The number of nitrogens with two attached hydrogens (primary N) is 1. The minimum atomic E-state index is 0.881. The molecular weight excluding hydrogens is 374 g/mol. The maximum Gasteiger partial charge on any atom is 0.0400 e. The molecule has 0 aliphatic heterocycles. The zero-order chi connectivity index (χ0) is 21.2. The Hall–Kier alpha value is -2.80. The van der Waals surface area contributed by atoms with Gasteiger partial charge in [0.25, 0.3) is 0 Å². The number of rotatable bonds is 9. The van der Waals surface area contributed by atoms with Crippen molar-refractivity contribution in [1.82, 2.24) is 0 Å². The van der Waals surface area contributed by atoms with E-state index in [0.29, 0.717) is 0 Å². The number of unbranched alkanes of at least 4 members (excludes halogenated alkanes) is 7. The van der Waals surface area contributed by atoms with E-state index in [9.17, 15) is 0 Å².